The van der Waals surface area contributed by atoms with E-state index in [4.69, 9.17) is 5.73 Å². The van der Waals surface area contributed by atoms with Gasteiger partial charge in [-0.05, 0) is 19.8 Å². The number of nitrogens with two attached hydrogens (primary N) is 1. The summed E-state index contributed by atoms with van der Waals surface area (Å²) in [6.45, 7) is 1.98. The van der Waals surface area contributed by atoms with E-state index in [2.05, 4.69) is 28.7 Å². The highest BCUT2D eigenvalue weighted by Crippen LogP contribution is 2.55. The second-order valence-electron chi connectivity index (χ2n) is 5.82. The molecule has 21 heavy (non-hydrogen) atoms. The zero-order valence-corrected chi connectivity index (χ0v) is 13.7. The Balaban J connectivity index is 2.17. The van der Waals surface area contributed by atoms with Crippen molar-refractivity contribution in [2.75, 3.05) is 0 Å². The van der Waals surface area contributed by atoms with Crippen molar-refractivity contribution in [3.8, 4) is 6.07 Å². The van der Waals surface area contributed by atoms with Gasteiger partial charge < -0.3 is 5.73 Å². The fourth-order valence-electron chi connectivity index (χ4n) is 3.64. The normalized spacial score (nSPS) is 24.8. The van der Waals surface area contributed by atoms with E-state index in [0.29, 0.717) is 16.4 Å². The summed E-state index contributed by atoms with van der Waals surface area (Å²) in [5.41, 5.74) is 7.68. The largest absolute Gasteiger partial charge is 0.387 e. The summed E-state index contributed by atoms with van der Waals surface area (Å²) >= 11 is 6.02. The van der Waals surface area contributed by atoms with Crippen LogP contribution in [0.3, 0.4) is 0 Å². The number of hydrogen-bond acceptors (Lipinski definition) is 6. The lowest BCUT2D eigenvalue weighted by Gasteiger charge is -2.44. The van der Waals surface area contributed by atoms with Gasteiger partial charge in [-0.1, -0.05) is 19.3 Å². The Bertz CT molecular complexity index is 659. The fraction of sp³-hybridized carbons (Fsp3) is 0.533. The van der Waals surface area contributed by atoms with E-state index in [1.807, 2.05) is 12.3 Å². The number of hydrogen-bond donors (Lipinski definition) is 2. The lowest BCUT2D eigenvalue weighted by Crippen LogP contribution is -2.43. The summed E-state index contributed by atoms with van der Waals surface area (Å²) in [6.07, 6.45) is 5.35. The summed E-state index contributed by atoms with van der Waals surface area (Å²) in [4.78, 5) is 8.96. The van der Waals surface area contributed by atoms with Gasteiger partial charge in [-0.15, -0.1) is 24.0 Å². The third kappa shape index (κ3) is 2.29. The van der Waals surface area contributed by atoms with Crippen molar-refractivity contribution >= 4 is 29.8 Å². The Morgan fingerprint density at radius 2 is 2.14 bits per heavy atom. The van der Waals surface area contributed by atoms with Crippen molar-refractivity contribution in [1.82, 2.24) is 4.98 Å². The van der Waals surface area contributed by atoms with Crippen LogP contribution in [0.5, 0.6) is 0 Å². The summed E-state index contributed by atoms with van der Waals surface area (Å²) < 4.78 is 0. The van der Waals surface area contributed by atoms with Crippen molar-refractivity contribution in [2.45, 2.75) is 44.9 Å². The van der Waals surface area contributed by atoms with Gasteiger partial charge in [0.1, 0.15) is 15.9 Å². The quantitative estimate of drug-likeness (QED) is 0.778. The number of allylic oxidation sites excluding steroid dienone is 1. The molecule has 6 heteroatoms. The zero-order valence-electron chi connectivity index (χ0n) is 12.0. The summed E-state index contributed by atoms with van der Waals surface area (Å²) in [6, 6.07) is 2.36. The van der Waals surface area contributed by atoms with Crippen molar-refractivity contribution in [3.63, 3.8) is 0 Å². The van der Waals surface area contributed by atoms with Crippen LogP contribution >= 0.6 is 24.0 Å². The van der Waals surface area contributed by atoms with Gasteiger partial charge in [0.2, 0.25) is 0 Å². The van der Waals surface area contributed by atoms with Crippen LogP contribution in [-0.4, -0.2) is 10.8 Å². The SMILES string of the molecule is Cc1csc([C@@H]2C(N)=NC(S)=C(C#N)C23CCCCC3)n1. The van der Waals surface area contributed by atoms with Crippen LogP contribution in [0.25, 0.3) is 0 Å². The lowest BCUT2D eigenvalue weighted by atomic mass is 9.61. The Kier molecular flexibility index (Phi) is 3.80. The van der Waals surface area contributed by atoms with Gasteiger partial charge in [0, 0.05) is 16.5 Å². The van der Waals surface area contributed by atoms with Crippen LogP contribution in [-0.2, 0) is 0 Å². The van der Waals surface area contributed by atoms with E-state index >= 15 is 0 Å². The molecule has 0 radical (unpaired) electrons. The highest BCUT2D eigenvalue weighted by molar-refractivity contribution is 7.84. The number of thiazole rings is 1. The van der Waals surface area contributed by atoms with Gasteiger partial charge in [-0.3, -0.25) is 0 Å². The maximum atomic E-state index is 9.65. The molecule has 0 bridgehead atoms. The number of nitrogens with zero attached hydrogens (tertiary/aromatic N) is 3. The molecule has 1 atom stereocenters. The van der Waals surface area contributed by atoms with Gasteiger partial charge in [-0.2, -0.15) is 5.26 Å². The number of thiol groups is 1. The number of aryl methyl sites for hydroxylation is 1. The van der Waals surface area contributed by atoms with Crippen LogP contribution < -0.4 is 5.73 Å². The third-order valence-corrected chi connectivity index (χ3v) is 5.90. The molecule has 2 N–H and O–H groups in total. The minimum absolute atomic E-state index is 0.0814. The summed E-state index contributed by atoms with van der Waals surface area (Å²) in [5.74, 6) is 0.470. The molecule has 0 saturated heterocycles. The van der Waals surface area contributed by atoms with E-state index in [-0.39, 0.29) is 11.3 Å². The average Bonchev–Trinajstić information content (AvgIpc) is 2.86. The van der Waals surface area contributed by atoms with E-state index < -0.39 is 0 Å². The number of aliphatic imine (C=N–C) groups is 1. The molecular formula is C15H18N4S2. The van der Waals surface area contributed by atoms with Gasteiger partial charge in [-0.25, -0.2) is 9.98 Å². The molecular weight excluding hydrogens is 300 g/mol. The van der Waals surface area contributed by atoms with Gasteiger partial charge in [0.05, 0.1) is 17.6 Å². The van der Waals surface area contributed by atoms with Crippen LogP contribution in [0.4, 0.5) is 0 Å². The number of aromatic nitrogens is 1. The summed E-state index contributed by atoms with van der Waals surface area (Å²) in [5, 5.41) is 13.1. The molecule has 0 amide bonds. The molecule has 2 aliphatic rings. The minimum Gasteiger partial charge on any atom is -0.387 e. The number of nitriles is 1. The van der Waals surface area contributed by atoms with Crippen LogP contribution in [0.15, 0.2) is 21.0 Å². The molecule has 1 aliphatic heterocycles. The second kappa shape index (κ2) is 5.47. The van der Waals surface area contributed by atoms with Crippen LogP contribution in [0, 0.1) is 23.7 Å². The predicted molar refractivity (Wildman–Crippen MR) is 88.4 cm³/mol. The van der Waals surface area contributed by atoms with Crippen molar-refractivity contribution in [1.29, 1.82) is 5.26 Å². The first-order valence-corrected chi connectivity index (χ1v) is 8.51. The second-order valence-corrected chi connectivity index (χ2v) is 7.14. The third-order valence-electron chi connectivity index (χ3n) is 4.55. The first-order valence-electron chi connectivity index (χ1n) is 7.18. The molecule has 1 fully saturated rings. The Morgan fingerprint density at radius 3 is 2.71 bits per heavy atom. The number of amidine groups is 1. The van der Waals surface area contributed by atoms with E-state index in [1.54, 1.807) is 11.3 Å². The Morgan fingerprint density at radius 1 is 1.43 bits per heavy atom. The van der Waals surface area contributed by atoms with E-state index in [1.165, 1.54) is 6.42 Å². The molecule has 1 aliphatic carbocycles. The van der Waals surface area contributed by atoms with Crippen LogP contribution in [0.2, 0.25) is 0 Å². The zero-order chi connectivity index (χ0) is 15.0. The van der Waals surface area contributed by atoms with Crippen molar-refractivity contribution in [3.05, 3.63) is 26.7 Å². The minimum atomic E-state index is -0.264. The van der Waals surface area contributed by atoms with Crippen molar-refractivity contribution in [2.24, 2.45) is 16.1 Å². The van der Waals surface area contributed by atoms with Crippen molar-refractivity contribution < 1.29 is 0 Å². The monoisotopic (exact) mass is 318 g/mol. The highest BCUT2D eigenvalue weighted by atomic mass is 32.1. The molecule has 4 nitrogen and oxygen atoms in total. The maximum absolute atomic E-state index is 9.65. The number of rotatable bonds is 1. The smallest absolute Gasteiger partial charge is 0.111 e. The Labute approximate surface area is 134 Å². The first-order chi connectivity index (χ1) is 10.1. The van der Waals surface area contributed by atoms with E-state index in [9.17, 15) is 5.26 Å². The molecule has 1 saturated carbocycles. The first kappa shape index (κ1) is 14.6. The maximum Gasteiger partial charge on any atom is 0.111 e. The van der Waals surface area contributed by atoms with Gasteiger partial charge in [0.15, 0.2) is 0 Å². The highest BCUT2D eigenvalue weighted by Gasteiger charge is 2.50. The summed E-state index contributed by atoms with van der Waals surface area (Å²) in [7, 11) is 0. The van der Waals surface area contributed by atoms with E-state index in [0.717, 1.165) is 36.4 Å². The van der Waals surface area contributed by atoms with Crippen LogP contribution in [0.1, 0.15) is 48.7 Å². The fourth-order valence-corrected chi connectivity index (χ4v) is 5.05. The van der Waals surface area contributed by atoms with Gasteiger partial charge >= 0.3 is 0 Å². The van der Waals surface area contributed by atoms with Gasteiger partial charge in [0.25, 0.3) is 0 Å². The molecule has 3 rings (SSSR count). The molecule has 1 aromatic rings. The lowest BCUT2D eigenvalue weighted by molar-refractivity contribution is 0.224. The standard InChI is InChI=1S/C15H18N4S2/c1-9-8-21-14(18-9)11-12(17)19-13(20)10(7-16)15(11)5-3-2-4-6-15/h8,11,20H,2-6H2,1H3,(H2,17,19)/t11-/m0/s1. The Hall–Kier alpha value is -1.32. The average molecular weight is 318 g/mol. The molecule has 0 unspecified atom stereocenters. The molecule has 110 valence electrons. The molecule has 1 aromatic heterocycles. The topological polar surface area (TPSA) is 75.1 Å². The predicted octanol–water partition coefficient (Wildman–Crippen LogP) is 3.52. The molecule has 2 heterocycles. The molecule has 1 spiro atoms. The molecule has 0 aromatic carbocycles.